The molecule has 10 aliphatic heterocycles. The Hall–Kier alpha value is -4.45. The molecule has 10 saturated heterocycles. The van der Waals surface area contributed by atoms with Crippen molar-refractivity contribution in [2.75, 3.05) is 59.5 Å². The minimum absolute atomic E-state index is 0.863. The van der Waals surface area contributed by atoms with E-state index < -0.39 is 396 Å². The highest BCUT2D eigenvalue weighted by molar-refractivity contribution is 5.75. The Kier molecular flexibility index (Phi) is 36.8. The van der Waals surface area contributed by atoms with Gasteiger partial charge in [-0.05, 0) is 6.92 Å². The van der Waals surface area contributed by atoms with E-state index in [1.807, 2.05) is 0 Å². The van der Waals surface area contributed by atoms with Crippen LogP contribution in [0.25, 0.3) is 0 Å². The smallest absolute Gasteiger partial charge is 0.217 e. The van der Waals surface area contributed by atoms with Crippen molar-refractivity contribution in [1.29, 1.82) is 0 Å². The van der Waals surface area contributed by atoms with Crippen molar-refractivity contribution in [3.63, 3.8) is 0 Å². The van der Waals surface area contributed by atoms with Crippen molar-refractivity contribution in [3.05, 3.63) is 0 Å². The molecule has 0 aliphatic carbocycles. The molecular formula is C70H117N5O50. The summed E-state index contributed by atoms with van der Waals surface area (Å²) in [7, 11) is 0. The first-order valence-corrected chi connectivity index (χ1v) is 40.0. The van der Waals surface area contributed by atoms with Crippen LogP contribution in [0, 0.1) is 0 Å². The zero-order chi connectivity index (χ0) is 92.1. The van der Waals surface area contributed by atoms with Gasteiger partial charge >= 0.3 is 0 Å². The number of carbonyl (C=O) groups excluding carboxylic acids is 5. The highest BCUT2D eigenvalue weighted by atomic mass is 16.8. The Bertz CT molecular complexity index is 3420. The van der Waals surface area contributed by atoms with Crippen molar-refractivity contribution in [3.8, 4) is 0 Å². The van der Waals surface area contributed by atoms with Crippen molar-refractivity contribution >= 4 is 29.5 Å². The summed E-state index contributed by atoms with van der Waals surface area (Å²) in [6, 6.07) is -9.77. The maximum Gasteiger partial charge on any atom is 0.217 e. The molecule has 31 N–H and O–H groups in total. The molecule has 1 unspecified atom stereocenters. The molecule has 10 aliphatic rings. The Morgan fingerprint density at radius 3 is 0.904 bits per heavy atom. The zero-order valence-corrected chi connectivity index (χ0v) is 67.7. The van der Waals surface area contributed by atoms with Crippen molar-refractivity contribution in [2.24, 2.45) is 0 Å². The lowest BCUT2D eigenvalue weighted by atomic mass is 9.93. The lowest BCUT2D eigenvalue weighted by Crippen LogP contribution is -2.71. The van der Waals surface area contributed by atoms with Gasteiger partial charge in [-0.2, -0.15) is 0 Å². The fourth-order valence-electron chi connectivity index (χ4n) is 16.2. The molecule has 125 heavy (non-hydrogen) atoms. The Morgan fingerprint density at radius 2 is 0.488 bits per heavy atom. The van der Waals surface area contributed by atoms with Crippen LogP contribution in [-0.4, -0.2) is 529 Å². The molecular weight excluding hydrogens is 1710 g/mol. The minimum atomic E-state index is -2.75. The number of rotatable bonds is 32. The number of aliphatic hydroxyl groups excluding tert-OH is 26. The monoisotopic (exact) mass is 1830 g/mol. The molecule has 0 aromatic rings. The lowest BCUT2D eigenvalue weighted by Gasteiger charge is -2.52. The molecule has 50 atom stereocenters. The van der Waals surface area contributed by atoms with Crippen LogP contribution in [0.3, 0.4) is 0 Å². The Balaban J connectivity index is 1.07. The number of carbonyl (C=O) groups is 5. The van der Waals surface area contributed by atoms with Gasteiger partial charge in [0.15, 0.2) is 62.9 Å². The molecule has 0 bridgehead atoms. The molecule has 55 nitrogen and oxygen atoms in total. The summed E-state index contributed by atoms with van der Waals surface area (Å²) in [6.07, 6.45) is -95.8. The van der Waals surface area contributed by atoms with E-state index in [4.69, 9.17) is 90.0 Å². The highest BCUT2D eigenvalue weighted by Gasteiger charge is 2.62. The van der Waals surface area contributed by atoms with Crippen molar-refractivity contribution < 1.29 is 247 Å². The molecule has 55 heteroatoms. The number of nitrogens with one attached hydrogen (secondary N) is 5. The van der Waals surface area contributed by atoms with E-state index in [0.29, 0.717) is 0 Å². The summed E-state index contributed by atoms with van der Waals surface area (Å²) < 4.78 is 116. The summed E-state index contributed by atoms with van der Waals surface area (Å²) in [5, 5.41) is 305. The van der Waals surface area contributed by atoms with Crippen LogP contribution in [0.1, 0.15) is 41.5 Å². The SMILES string of the molecule is CC(=O)N[C@H]1[C@H](O[C@H]2[C@H](O)[C@@H](NC(C)=O)C(O)O[C@@H]2CO[C@@H]2O[C@@H](C)[C@@H](O)[C@@H](O)[C@@H]2O)O[C@H](CO)[C@@H](O[C@H]2O[C@H](CO[C@H]3O[C@H](CO)[C@@H](O)[C@H](O)[C@@H]3O[C@@H]3O[C@H](CO)[C@@H](O[C@@H]4O[C@H](CO)[C@H](O)[C@H](O)[C@H]4O)[C@H](O)[C@H]3NC(C)=O)[C@@H](O[C@@H]3O[C@H](CO)[C@@H](O)[C@H](O)[C@H]3NC(C)=O)[C@H](O[C@H]3O[C@H](CO)[C@@H](O)[C@H](O)[C@@H]3O[C@@H]3O[C@H](CO)[C@@H](O)[C@H](O)[C@H]3NC(C)=O)[C@@H]2O)[C@@H]1O. The molecule has 10 fully saturated rings. The Morgan fingerprint density at radius 1 is 0.224 bits per heavy atom. The summed E-state index contributed by atoms with van der Waals surface area (Å²) in [5.41, 5.74) is 0. The third-order valence-corrected chi connectivity index (χ3v) is 22.8. The van der Waals surface area contributed by atoms with Gasteiger partial charge in [-0.1, -0.05) is 0 Å². The van der Waals surface area contributed by atoms with Crippen LogP contribution in [-0.2, 0) is 114 Å². The van der Waals surface area contributed by atoms with Crippen LogP contribution < -0.4 is 26.6 Å². The summed E-state index contributed by atoms with van der Waals surface area (Å²) >= 11 is 0. The molecule has 10 heterocycles. The maximum absolute atomic E-state index is 13.4. The molecule has 0 radical (unpaired) electrons. The molecule has 5 amide bonds. The van der Waals surface area contributed by atoms with E-state index in [9.17, 15) is 157 Å². The van der Waals surface area contributed by atoms with Gasteiger partial charge in [-0.3, -0.25) is 24.0 Å². The average Bonchev–Trinajstić information content (AvgIpc) is 0.756. The van der Waals surface area contributed by atoms with E-state index in [1.54, 1.807) is 0 Å². The van der Waals surface area contributed by atoms with Gasteiger partial charge in [0.1, 0.15) is 238 Å². The quantitative estimate of drug-likeness (QED) is 0.0297. The maximum atomic E-state index is 13.4. The topological polar surface area (TPSA) is 847 Å². The van der Waals surface area contributed by atoms with Crippen molar-refractivity contribution in [1.82, 2.24) is 26.6 Å². The van der Waals surface area contributed by atoms with Gasteiger partial charge < -0.3 is 249 Å². The third kappa shape index (κ3) is 23.1. The van der Waals surface area contributed by atoms with Gasteiger partial charge in [-0.15, -0.1) is 0 Å². The third-order valence-electron chi connectivity index (χ3n) is 22.8. The lowest BCUT2D eigenvalue weighted by molar-refractivity contribution is -0.407. The standard InChI is InChI=1S/C70H117N5O50/c1-16-36(88)47(99)51(103)66(109-16)107-14-29-56(44(96)31(61(106)110-29)71-17(2)83)119-64-34(74-20(5)86)45(97)55(28(13-82)116-64)121-68-53(105)58(123-70-60(50(102)41(93)26(11-80)115-70)125-63-33(73-19(4)85)43(95)38(90)23(8-77)112-63)57(122-62-32(72-18(3)84)42(94)37(89)22(7-76)111-62)30(118-68)15-108-69-59(49(101)40(92)25(10-79)114-69)124-65-35(75-21(6)87)46(98)54(27(12-81)117-65)120-67-52(104)48(100)39(91)24(9-78)113-67/h16,22-70,76-82,88-106H,7-15H2,1-6H3,(H,71,83)(H,72,84)(H,73,85)(H,74,86)(H,75,87)/t16-,22+,23+,24+,25+,26+,27+,28+,29+,30+,31+,32+,33+,34+,35+,36+,37+,38+,39-,40+,41+,42+,43+,44+,45+,46+,47+,48-,49-,50-,51-,52+,53-,54+,55+,56+,57+,58+,59-,60-,61?,62-,63-,64-,65-,66+,67-,68+,69-,70+/m0/s1. The molecule has 0 aromatic heterocycles. The number of amides is 5. The van der Waals surface area contributed by atoms with Crippen LogP contribution in [0.4, 0.5) is 0 Å². The second kappa shape index (κ2) is 44.9. The van der Waals surface area contributed by atoms with Crippen LogP contribution in [0.2, 0.25) is 0 Å². The Labute approximate surface area is 708 Å². The average molecular weight is 1830 g/mol. The molecule has 0 aromatic carbocycles. The first kappa shape index (κ1) is 103. The van der Waals surface area contributed by atoms with Crippen LogP contribution in [0.15, 0.2) is 0 Å². The first-order chi connectivity index (χ1) is 59.1. The van der Waals surface area contributed by atoms with Gasteiger partial charge in [0.2, 0.25) is 29.5 Å². The highest BCUT2D eigenvalue weighted by Crippen LogP contribution is 2.41. The van der Waals surface area contributed by atoms with Crippen LogP contribution in [0.5, 0.6) is 0 Å². The second-order valence-corrected chi connectivity index (χ2v) is 31.7. The normalized spacial score (nSPS) is 48.7. The predicted molar refractivity (Wildman–Crippen MR) is 386 cm³/mol. The van der Waals surface area contributed by atoms with Gasteiger partial charge in [-0.25, -0.2) is 0 Å². The zero-order valence-electron chi connectivity index (χ0n) is 67.7. The van der Waals surface area contributed by atoms with Crippen LogP contribution >= 0.6 is 0 Å². The van der Waals surface area contributed by atoms with Gasteiger partial charge in [0.05, 0.1) is 65.6 Å². The molecule has 722 valence electrons. The van der Waals surface area contributed by atoms with E-state index in [-0.39, 0.29) is 0 Å². The van der Waals surface area contributed by atoms with E-state index in [1.165, 1.54) is 6.92 Å². The fourth-order valence-corrected chi connectivity index (χ4v) is 16.2. The fraction of sp³-hybridized carbons (Fsp3) is 0.929. The largest absolute Gasteiger partial charge is 0.394 e. The molecule has 10 rings (SSSR count). The summed E-state index contributed by atoms with van der Waals surface area (Å²) in [5.74, 6) is -4.79. The second-order valence-electron chi connectivity index (χ2n) is 31.7. The van der Waals surface area contributed by atoms with E-state index in [2.05, 4.69) is 26.6 Å². The number of aliphatic hydroxyl groups is 26. The number of ether oxygens (including phenoxy) is 19. The first-order valence-electron chi connectivity index (χ1n) is 40.0. The molecule has 0 spiro atoms. The van der Waals surface area contributed by atoms with E-state index >= 15 is 0 Å². The predicted octanol–water partition coefficient (Wildman–Crippen LogP) is -21.1. The number of hydrogen-bond donors (Lipinski definition) is 31. The number of hydrogen-bond acceptors (Lipinski definition) is 50. The van der Waals surface area contributed by atoms with Gasteiger partial charge in [0.25, 0.3) is 0 Å². The van der Waals surface area contributed by atoms with Crippen molar-refractivity contribution in [2.45, 2.75) is 348 Å². The minimum Gasteiger partial charge on any atom is -0.394 e. The summed E-state index contributed by atoms with van der Waals surface area (Å²) in [4.78, 5) is 65.0. The van der Waals surface area contributed by atoms with E-state index in [0.717, 1.165) is 34.6 Å². The molecule has 0 saturated carbocycles. The summed E-state index contributed by atoms with van der Waals surface area (Å²) in [6.45, 7) is -4.42. The van der Waals surface area contributed by atoms with Gasteiger partial charge in [0, 0.05) is 34.6 Å².